The van der Waals surface area contributed by atoms with Gasteiger partial charge in [0.2, 0.25) is 0 Å². The Kier molecular flexibility index (Phi) is 6.99. The maximum absolute atomic E-state index is 7.15. The second-order valence-electron chi connectivity index (χ2n) is 17.2. The Labute approximate surface area is 355 Å². The molecule has 0 aromatic heterocycles. The van der Waals surface area contributed by atoms with Crippen LogP contribution in [0.5, 0.6) is 23.0 Å². The van der Waals surface area contributed by atoms with Gasteiger partial charge in [0.15, 0.2) is 23.0 Å². The standard InChI is InChI=1S/C58H39NO2/c1-57(2)46-23-10-6-19-41(46)44-29-27-37(34-51(44)57)36-15-14-18-39(33-36)59(38-16-4-3-5-17-38)40-28-31-52-54(35-40)61-56-53(60-52)32-30-50-55(56)45-22-9-13-26-49(45)58(50)47-24-11-7-20-42(47)43-21-8-12-25-48(43)58/h3-35H,1-2H3. The number of nitrogens with zero attached hydrogens (tertiary/aromatic N) is 1. The molecule has 0 radical (unpaired) electrons. The van der Waals surface area contributed by atoms with Gasteiger partial charge in [-0.2, -0.15) is 0 Å². The minimum atomic E-state index is -0.465. The summed E-state index contributed by atoms with van der Waals surface area (Å²) in [5.41, 5.74) is 20.2. The molecule has 0 fully saturated rings. The van der Waals surface area contributed by atoms with E-state index in [0.29, 0.717) is 11.5 Å². The summed E-state index contributed by atoms with van der Waals surface area (Å²) < 4.78 is 13.9. The molecule has 0 saturated carbocycles. The lowest BCUT2D eigenvalue weighted by Gasteiger charge is -2.31. The van der Waals surface area contributed by atoms with Crippen molar-refractivity contribution in [3.63, 3.8) is 0 Å². The van der Waals surface area contributed by atoms with Gasteiger partial charge in [-0.15, -0.1) is 0 Å². The van der Waals surface area contributed by atoms with Gasteiger partial charge in [0, 0.05) is 28.4 Å². The van der Waals surface area contributed by atoms with Gasteiger partial charge >= 0.3 is 0 Å². The smallest absolute Gasteiger partial charge is 0.178 e. The van der Waals surface area contributed by atoms with Crippen molar-refractivity contribution in [3.05, 3.63) is 234 Å². The van der Waals surface area contributed by atoms with Gasteiger partial charge in [-0.05, 0) is 121 Å². The molecule has 9 aromatic carbocycles. The summed E-state index contributed by atoms with van der Waals surface area (Å²) >= 11 is 0. The lowest BCUT2D eigenvalue weighted by Crippen LogP contribution is -2.25. The van der Waals surface area contributed by atoms with Crippen LogP contribution in [0.25, 0.3) is 44.5 Å². The molecular weight excluding hydrogens is 743 g/mol. The van der Waals surface area contributed by atoms with Crippen LogP contribution in [0, 0.1) is 0 Å². The lowest BCUT2D eigenvalue weighted by atomic mass is 9.70. The van der Waals surface area contributed by atoms with E-state index in [2.05, 4.69) is 213 Å². The molecule has 1 aliphatic heterocycles. The van der Waals surface area contributed by atoms with Crippen LogP contribution in [-0.4, -0.2) is 0 Å². The molecule has 288 valence electrons. The van der Waals surface area contributed by atoms with Crippen LogP contribution in [0.4, 0.5) is 17.1 Å². The molecule has 0 unspecified atom stereocenters. The van der Waals surface area contributed by atoms with Gasteiger partial charge in [0.25, 0.3) is 0 Å². The predicted octanol–water partition coefficient (Wildman–Crippen LogP) is 15.4. The fraction of sp³-hybridized carbons (Fsp3) is 0.0690. The topological polar surface area (TPSA) is 21.7 Å². The molecule has 3 heteroatoms. The van der Waals surface area contributed by atoms with Crippen LogP contribution in [0.1, 0.15) is 47.2 Å². The average molecular weight is 782 g/mol. The number of hydrogen-bond acceptors (Lipinski definition) is 3. The normalized spacial score (nSPS) is 14.6. The SMILES string of the molecule is CC1(C)c2ccccc2-c2ccc(-c3cccc(N(c4ccccc4)c4ccc5c(c4)Oc4c(ccc6c4-c4ccccc4C64c6ccccc6-c6ccccc64)O5)c3)cc21. The third-order valence-electron chi connectivity index (χ3n) is 13.7. The zero-order chi connectivity index (χ0) is 40.5. The summed E-state index contributed by atoms with van der Waals surface area (Å²) in [5.74, 6) is 2.85. The molecule has 13 rings (SSSR count). The molecule has 3 aliphatic carbocycles. The molecular formula is C58H39NO2. The molecule has 0 atom stereocenters. The van der Waals surface area contributed by atoms with E-state index in [1.165, 1.54) is 66.8 Å². The Hall–Kier alpha value is -7.62. The molecule has 3 nitrogen and oxygen atoms in total. The molecule has 1 spiro atoms. The first-order chi connectivity index (χ1) is 30.0. The number of fused-ring (bicyclic) bond motifs is 16. The second-order valence-corrected chi connectivity index (χ2v) is 17.2. The van der Waals surface area contributed by atoms with Gasteiger partial charge in [0.05, 0.1) is 11.1 Å². The highest BCUT2D eigenvalue weighted by Gasteiger charge is 2.53. The molecule has 0 N–H and O–H groups in total. The van der Waals surface area contributed by atoms with Crippen LogP contribution in [-0.2, 0) is 10.8 Å². The number of ether oxygens (including phenoxy) is 2. The number of benzene rings is 9. The third kappa shape index (κ3) is 4.63. The molecule has 0 bridgehead atoms. The third-order valence-corrected chi connectivity index (χ3v) is 13.7. The van der Waals surface area contributed by atoms with E-state index in [4.69, 9.17) is 9.47 Å². The second kappa shape index (κ2) is 12.5. The number of para-hydroxylation sites is 1. The van der Waals surface area contributed by atoms with Crippen LogP contribution in [0.15, 0.2) is 200 Å². The number of rotatable bonds is 4. The summed E-state index contributed by atoms with van der Waals surface area (Å²) in [7, 11) is 0. The summed E-state index contributed by atoms with van der Waals surface area (Å²) in [5, 5.41) is 0. The van der Waals surface area contributed by atoms with E-state index in [9.17, 15) is 0 Å². The Morgan fingerprint density at radius 2 is 0.902 bits per heavy atom. The van der Waals surface area contributed by atoms with Crippen LogP contribution in [0.3, 0.4) is 0 Å². The quantitative estimate of drug-likeness (QED) is 0.177. The van der Waals surface area contributed by atoms with Crippen molar-refractivity contribution in [3.8, 4) is 67.5 Å². The maximum atomic E-state index is 7.15. The molecule has 61 heavy (non-hydrogen) atoms. The summed E-state index contributed by atoms with van der Waals surface area (Å²) in [6, 6.07) is 72.5. The summed E-state index contributed by atoms with van der Waals surface area (Å²) in [4.78, 5) is 2.31. The van der Waals surface area contributed by atoms with E-state index in [0.717, 1.165) is 39.7 Å². The minimum Gasteiger partial charge on any atom is -0.449 e. The van der Waals surface area contributed by atoms with Gasteiger partial charge in [-0.25, -0.2) is 0 Å². The summed E-state index contributed by atoms with van der Waals surface area (Å²) in [6.45, 7) is 4.68. The van der Waals surface area contributed by atoms with Crippen molar-refractivity contribution >= 4 is 17.1 Å². The highest BCUT2D eigenvalue weighted by atomic mass is 16.6. The largest absolute Gasteiger partial charge is 0.449 e. The van der Waals surface area contributed by atoms with E-state index in [1.54, 1.807) is 0 Å². The van der Waals surface area contributed by atoms with Crippen molar-refractivity contribution in [2.24, 2.45) is 0 Å². The number of hydrogen-bond donors (Lipinski definition) is 0. The number of anilines is 3. The van der Waals surface area contributed by atoms with Gasteiger partial charge < -0.3 is 14.4 Å². The minimum absolute atomic E-state index is 0.0751. The Balaban J connectivity index is 0.927. The van der Waals surface area contributed by atoms with Gasteiger partial charge in [-0.3, -0.25) is 0 Å². The maximum Gasteiger partial charge on any atom is 0.178 e. The van der Waals surface area contributed by atoms with Crippen LogP contribution in [0.2, 0.25) is 0 Å². The van der Waals surface area contributed by atoms with Gasteiger partial charge in [-0.1, -0.05) is 159 Å². The zero-order valence-electron chi connectivity index (χ0n) is 33.8. The van der Waals surface area contributed by atoms with E-state index in [-0.39, 0.29) is 5.41 Å². The Morgan fingerprint density at radius 1 is 0.344 bits per heavy atom. The van der Waals surface area contributed by atoms with E-state index < -0.39 is 5.41 Å². The molecule has 4 aliphatic rings. The predicted molar refractivity (Wildman–Crippen MR) is 247 cm³/mol. The van der Waals surface area contributed by atoms with E-state index in [1.807, 2.05) is 6.07 Å². The highest BCUT2D eigenvalue weighted by molar-refractivity contribution is 5.98. The highest BCUT2D eigenvalue weighted by Crippen LogP contribution is 2.66. The first kappa shape index (κ1) is 34.3. The molecule has 9 aromatic rings. The van der Waals surface area contributed by atoms with Crippen LogP contribution >= 0.6 is 0 Å². The van der Waals surface area contributed by atoms with Crippen molar-refractivity contribution in [1.82, 2.24) is 0 Å². The van der Waals surface area contributed by atoms with Gasteiger partial charge in [0.1, 0.15) is 0 Å². The fourth-order valence-corrected chi connectivity index (χ4v) is 11.1. The van der Waals surface area contributed by atoms with E-state index >= 15 is 0 Å². The first-order valence-corrected chi connectivity index (χ1v) is 21.2. The molecule has 0 amide bonds. The average Bonchev–Trinajstić information content (AvgIpc) is 3.87. The Morgan fingerprint density at radius 3 is 1.64 bits per heavy atom. The zero-order valence-corrected chi connectivity index (χ0v) is 33.8. The van der Waals surface area contributed by atoms with Crippen molar-refractivity contribution in [1.29, 1.82) is 0 Å². The van der Waals surface area contributed by atoms with Crippen LogP contribution < -0.4 is 14.4 Å². The first-order valence-electron chi connectivity index (χ1n) is 21.2. The van der Waals surface area contributed by atoms with Crippen molar-refractivity contribution in [2.75, 3.05) is 4.90 Å². The molecule has 1 heterocycles. The van der Waals surface area contributed by atoms with Crippen molar-refractivity contribution in [2.45, 2.75) is 24.7 Å². The molecule has 0 saturated heterocycles. The van der Waals surface area contributed by atoms with Crippen molar-refractivity contribution < 1.29 is 9.47 Å². The monoisotopic (exact) mass is 781 g/mol. The lowest BCUT2D eigenvalue weighted by molar-refractivity contribution is 0.360. The summed E-state index contributed by atoms with van der Waals surface area (Å²) in [6.07, 6.45) is 0. The fourth-order valence-electron chi connectivity index (χ4n) is 11.1. The Bertz CT molecular complexity index is 3260.